The van der Waals surface area contributed by atoms with Crippen molar-refractivity contribution in [3.05, 3.63) is 95.1 Å². The molecule has 0 saturated heterocycles. The Morgan fingerprint density at radius 1 is 0.939 bits per heavy atom. The normalized spacial score (nSPS) is 11.5. The van der Waals surface area contributed by atoms with E-state index in [2.05, 4.69) is 36.9 Å². The molecule has 1 heterocycles. The van der Waals surface area contributed by atoms with Crippen molar-refractivity contribution in [2.24, 2.45) is 0 Å². The van der Waals surface area contributed by atoms with E-state index >= 15 is 0 Å². The van der Waals surface area contributed by atoms with Crippen LogP contribution in [0.25, 0.3) is 10.8 Å². The molecule has 4 rings (SSSR count). The number of carbonyl (C=O) groups is 1. The number of rotatable bonds is 5. The molecule has 1 atom stereocenters. The van der Waals surface area contributed by atoms with Gasteiger partial charge in [0, 0.05) is 27.4 Å². The third kappa shape index (κ3) is 6.06. The Hall–Kier alpha value is -3.49. The average Bonchev–Trinajstić information content (AvgIpc) is 2.81. The Labute approximate surface area is 205 Å². The molecule has 6 nitrogen and oxygen atoms in total. The number of fused-ring (bicyclic) bond motifs is 1. The molecule has 1 aromatic heterocycles. The Bertz CT molecular complexity index is 1270. The van der Waals surface area contributed by atoms with E-state index in [0.717, 1.165) is 26.5 Å². The molecular weight excluding hydrogens is 500 g/mol. The van der Waals surface area contributed by atoms with Gasteiger partial charge in [0.2, 0.25) is 5.88 Å². The minimum atomic E-state index is -0.611. The second kappa shape index (κ2) is 10.4. The lowest BCUT2D eigenvalue weighted by Gasteiger charge is -2.17. The summed E-state index contributed by atoms with van der Waals surface area (Å²) in [5.41, 5.74) is 2.51. The van der Waals surface area contributed by atoms with Crippen LogP contribution in [0, 0.1) is 0 Å². The second-order valence-electron chi connectivity index (χ2n) is 7.30. The van der Waals surface area contributed by atoms with Crippen LogP contribution in [0.3, 0.4) is 0 Å². The van der Waals surface area contributed by atoms with E-state index in [1.54, 1.807) is 18.3 Å². The van der Waals surface area contributed by atoms with E-state index in [1.165, 1.54) is 0 Å². The number of ether oxygens (including phenoxy) is 1. The van der Waals surface area contributed by atoms with Crippen LogP contribution in [-0.4, -0.2) is 16.2 Å². The number of amides is 1. The minimum absolute atomic E-state index is 0.0523. The Kier molecular flexibility index (Phi) is 7.16. The number of nitrogens with zero attached hydrogens (tertiary/aromatic N) is 1. The number of hydrogen-bond donors (Lipinski definition) is 3. The van der Waals surface area contributed by atoms with Crippen LogP contribution in [-0.2, 0) is 0 Å². The maximum atomic E-state index is 12.3. The lowest BCUT2D eigenvalue weighted by Crippen LogP contribution is -2.30. The molecule has 0 aliphatic carbocycles. The summed E-state index contributed by atoms with van der Waals surface area (Å²) in [7, 11) is 0. The van der Waals surface area contributed by atoms with Gasteiger partial charge in [0.05, 0.1) is 6.04 Å². The fraction of sp³-hybridized carbons (Fsp3) is 0.0800. The summed E-state index contributed by atoms with van der Waals surface area (Å²) >= 11 is 8.86. The summed E-state index contributed by atoms with van der Waals surface area (Å²) < 4.78 is 6.44. The monoisotopic (exact) mass is 520 g/mol. The topological polar surface area (TPSA) is 75.3 Å². The van der Waals surface area contributed by atoms with Crippen molar-refractivity contribution < 1.29 is 9.53 Å². The van der Waals surface area contributed by atoms with Crippen LogP contribution in [0.1, 0.15) is 18.5 Å². The summed E-state index contributed by atoms with van der Waals surface area (Å²) in [4.78, 5) is 16.5. The molecular formula is C25H21BrN4O2S. The SMILES string of the molecule is CC(NC(=S)Nc1ccc(NC(=O)Oc2nccc3ccccc23)cc1)c1ccc(Br)cc1. The molecule has 1 amide bonds. The highest BCUT2D eigenvalue weighted by Gasteiger charge is 2.10. The van der Waals surface area contributed by atoms with Gasteiger partial charge in [-0.25, -0.2) is 9.78 Å². The number of thiocarbonyl (C=S) groups is 1. The Morgan fingerprint density at radius 3 is 2.33 bits per heavy atom. The van der Waals surface area contributed by atoms with E-state index < -0.39 is 6.09 Å². The van der Waals surface area contributed by atoms with Gasteiger partial charge in [-0.3, -0.25) is 5.32 Å². The molecule has 0 aliphatic rings. The highest BCUT2D eigenvalue weighted by molar-refractivity contribution is 9.10. The predicted molar refractivity (Wildman–Crippen MR) is 140 cm³/mol. The molecule has 3 aromatic carbocycles. The van der Waals surface area contributed by atoms with Crippen LogP contribution >= 0.6 is 28.1 Å². The van der Waals surface area contributed by atoms with Crippen molar-refractivity contribution in [2.75, 3.05) is 10.6 Å². The summed E-state index contributed by atoms with van der Waals surface area (Å²) in [6.07, 6.45) is 1.00. The number of carbonyl (C=O) groups excluding carboxylic acids is 1. The minimum Gasteiger partial charge on any atom is -0.390 e. The fourth-order valence-corrected chi connectivity index (χ4v) is 3.80. The number of nitrogens with one attached hydrogen (secondary N) is 3. The summed E-state index contributed by atoms with van der Waals surface area (Å²) in [5.74, 6) is 0.264. The zero-order valence-corrected chi connectivity index (χ0v) is 20.1. The van der Waals surface area contributed by atoms with Crippen LogP contribution in [0.15, 0.2) is 89.5 Å². The molecule has 0 fully saturated rings. The van der Waals surface area contributed by atoms with E-state index in [-0.39, 0.29) is 11.9 Å². The number of anilines is 2. The Morgan fingerprint density at radius 2 is 1.61 bits per heavy atom. The van der Waals surface area contributed by atoms with Gasteiger partial charge in [0.15, 0.2) is 5.11 Å². The van der Waals surface area contributed by atoms with Crippen molar-refractivity contribution >= 4 is 61.5 Å². The maximum absolute atomic E-state index is 12.3. The second-order valence-corrected chi connectivity index (χ2v) is 8.62. The summed E-state index contributed by atoms with van der Waals surface area (Å²) in [6, 6.07) is 24.8. The first kappa shape index (κ1) is 22.7. The average molecular weight is 521 g/mol. The maximum Gasteiger partial charge on any atom is 0.418 e. The first-order valence-corrected chi connectivity index (χ1v) is 11.4. The molecule has 8 heteroatoms. The van der Waals surface area contributed by atoms with Gasteiger partial charge in [-0.05, 0) is 78.6 Å². The van der Waals surface area contributed by atoms with Crippen molar-refractivity contribution in [3.8, 4) is 5.88 Å². The van der Waals surface area contributed by atoms with Crippen LogP contribution in [0.2, 0.25) is 0 Å². The van der Waals surface area contributed by atoms with Gasteiger partial charge in [-0.15, -0.1) is 0 Å². The molecule has 3 N–H and O–H groups in total. The summed E-state index contributed by atoms with van der Waals surface area (Å²) in [5, 5.41) is 11.4. The zero-order chi connectivity index (χ0) is 23.2. The highest BCUT2D eigenvalue weighted by Crippen LogP contribution is 2.23. The van der Waals surface area contributed by atoms with Crippen LogP contribution in [0.5, 0.6) is 5.88 Å². The van der Waals surface area contributed by atoms with E-state index in [9.17, 15) is 4.79 Å². The first-order valence-electron chi connectivity index (χ1n) is 10.2. The Balaban J connectivity index is 1.31. The largest absolute Gasteiger partial charge is 0.418 e. The lowest BCUT2D eigenvalue weighted by molar-refractivity contribution is 0.214. The smallest absolute Gasteiger partial charge is 0.390 e. The third-order valence-electron chi connectivity index (χ3n) is 4.93. The lowest BCUT2D eigenvalue weighted by atomic mass is 10.1. The van der Waals surface area contributed by atoms with E-state index in [1.807, 2.05) is 73.7 Å². The van der Waals surface area contributed by atoms with Crippen molar-refractivity contribution in [3.63, 3.8) is 0 Å². The van der Waals surface area contributed by atoms with Gasteiger partial charge < -0.3 is 15.4 Å². The van der Waals surface area contributed by atoms with Crippen molar-refractivity contribution in [1.82, 2.24) is 10.3 Å². The molecule has 0 bridgehead atoms. The van der Waals surface area contributed by atoms with Crippen molar-refractivity contribution in [1.29, 1.82) is 0 Å². The van der Waals surface area contributed by atoms with Gasteiger partial charge in [0.25, 0.3) is 0 Å². The van der Waals surface area contributed by atoms with Gasteiger partial charge in [0.1, 0.15) is 0 Å². The molecule has 0 radical (unpaired) electrons. The third-order valence-corrected chi connectivity index (χ3v) is 5.68. The fourth-order valence-electron chi connectivity index (χ4n) is 3.24. The van der Waals surface area contributed by atoms with Gasteiger partial charge >= 0.3 is 6.09 Å². The summed E-state index contributed by atoms with van der Waals surface area (Å²) in [6.45, 7) is 2.04. The standard InChI is InChI=1S/C25H21BrN4O2S/c1-16(17-6-8-19(26)9-7-17)28-24(33)29-20-10-12-21(13-11-20)30-25(31)32-23-22-5-3-2-4-18(22)14-15-27-23/h2-16H,1H3,(H,30,31)(H2,28,29,33). The molecule has 4 aromatic rings. The number of hydrogen-bond acceptors (Lipinski definition) is 4. The molecule has 33 heavy (non-hydrogen) atoms. The number of pyridine rings is 1. The van der Waals surface area contributed by atoms with Gasteiger partial charge in [-0.2, -0.15) is 0 Å². The van der Waals surface area contributed by atoms with E-state index in [4.69, 9.17) is 17.0 Å². The number of benzene rings is 3. The predicted octanol–water partition coefficient (Wildman–Crippen LogP) is 6.66. The number of halogens is 1. The van der Waals surface area contributed by atoms with Crippen molar-refractivity contribution in [2.45, 2.75) is 13.0 Å². The molecule has 1 unspecified atom stereocenters. The van der Waals surface area contributed by atoms with E-state index in [0.29, 0.717) is 10.8 Å². The molecule has 0 saturated carbocycles. The van der Waals surface area contributed by atoms with Gasteiger partial charge in [-0.1, -0.05) is 46.3 Å². The van der Waals surface area contributed by atoms with Crippen LogP contribution < -0.4 is 20.7 Å². The molecule has 166 valence electrons. The van der Waals surface area contributed by atoms with Crippen LogP contribution in [0.4, 0.5) is 16.2 Å². The first-order chi connectivity index (χ1) is 16.0. The number of aromatic nitrogens is 1. The molecule has 0 spiro atoms. The molecule has 0 aliphatic heterocycles. The quantitative estimate of drug-likeness (QED) is 0.255. The zero-order valence-electron chi connectivity index (χ0n) is 17.7. The highest BCUT2D eigenvalue weighted by atomic mass is 79.9.